The van der Waals surface area contributed by atoms with E-state index in [9.17, 15) is 5.11 Å². The van der Waals surface area contributed by atoms with Crippen LogP contribution in [0.4, 0.5) is 11.4 Å². The van der Waals surface area contributed by atoms with Crippen molar-refractivity contribution in [1.29, 1.82) is 0 Å². The number of aliphatic hydroxyl groups is 1. The zero-order chi connectivity index (χ0) is 21.6. The number of hydrogen-bond donors (Lipinski definition) is 1. The molecule has 2 aromatic carbocycles. The molecule has 4 rings (SSSR count). The molecule has 2 heterocycles. The normalized spacial score (nSPS) is 20.2. The average Bonchev–Trinajstić information content (AvgIpc) is 3.03. The van der Waals surface area contributed by atoms with Gasteiger partial charge in [-0.25, -0.2) is 0 Å². The highest BCUT2D eigenvalue weighted by atomic mass is 16.5. The Labute approximate surface area is 180 Å². The van der Waals surface area contributed by atoms with Crippen molar-refractivity contribution >= 4 is 11.4 Å². The molecule has 1 saturated heterocycles. The van der Waals surface area contributed by atoms with Crippen LogP contribution in [0.15, 0.2) is 24.3 Å². The third-order valence-corrected chi connectivity index (χ3v) is 7.03. The zero-order valence-electron chi connectivity index (χ0n) is 19.1. The van der Waals surface area contributed by atoms with E-state index in [1.54, 1.807) is 7.11 Å². The lowest BCUT2D eigenvalue weighted by atomic mass is 9.83. The van der Waals surface area contributed by atoms with Gasteiger partial charge in [0.15, 0.2) is 0 Å². The molecule has 30 heavy (non-hydrogen) atoms. The molecule has 2 aromatic rings. The van der Waals surface area contributed by atoms with Crippen molar-refractivity contribution in [2.24, 2.45) is 0 Å². The summed E-state index contributed by atoms with van der Waals surface area (Å²) in [6.45, 7) is 14.7. The van der Waals surface area contributed by atoms with Gasteiger partial charge in [-0.1, -0.05) is 0 Å². The molecule has 0 saturated carbocycles. The summed E-state index contributed by atoms with van der Waals surface area (Å²) >= 11 is 0. The molecule has 0 bridgehead atoms. The van der Waals surface area contributed by atoms with Gasteiger partial charge in [-0.15, -0.1) is 0 Å². The summed E-state index contributed by atoms with van der Waals surface area (Å²) < 4.78 is 11.6. The molecular formula is C25H34N2O3. The van der Waals surface area contributed by atoms with E-state index in [1.165, 1.54) is 33.6 Å². The first kappa shape index (κ1) is 20.9. The summed E-state index contributed by atoms with van der Waals surface area (Å²) in [4.78, 5) is 4.95. The third kappa shape index (κ3) is 3.29. The van der Waals surface area contributed by atoms with Gasteiger partial charge in [-0.05, 0) is 75.6 Å². The van der Waals surface area contributed by atoms with Crippen LogP contribution in [0.3, 0.4) is 0 Å². The minimum atomic E-state index is -0.384. The summed E-state index contributed by atoms with van der Waals surface area (Å²) in [6, 6.07) is 8.32. The number of hydrogen-bond acceptors (Lipinski definition) is 5. The molecular weight excluding hydrogens is 376 g/mol. The Kier molecular flexibility index (Phi) is 5.35. The molecule has 1 N–H and O–H groups in total. The molecule has 1 unspecified atom stereocenters. The Hall–Kier alpha value is -2.40. The summed E-state index contributed by atoms with van der Waals surface area (Å²) in [5, 5.41) is 10.1. The van der Waals surface area contributed by atoms with Gasteiger partial charge in [-0.3, -0.25) is 0 Å². The Balaban J connectivity index is 1.61. The van der Waals surface area contributed by atoms with Gasteiger partial charge in [-0.2, -0.15) is 0 Å². The minimum absolute atomic E-state index is 0.00568. The SMILES string of the molecule is COc1ccc(N2CCN(c3c(C)c(C)c4c(c3C)C(CO)C(C)(C)O4)CC2)cc1. The highest BCUT2D eigenvalue weighted by Crippen LogP contribution is 2.51. The van der Waals surface area contributed by atoms with Crippen molar-refractivity contribution in [3.8, 4) is 11.5 Å². The smallest absolute Gasteiger partial charge is 0.127 e. The van der Waals surface area contributed by atoms with Gasteiger partial charge in [0.25, 0.3) is 0 Å². The van der Waals surface area contributed by atoms with Gasteiger partial charge >= 0.3 is 0 Å². The first-order chi connectivity index (χ1) is 14.3. The number of piperazine rings is 1. The fourth-order valence-corrected chi connectivity index (χ4v) is 5.13. The predicted octanol–water partition coefficient (Wildman–Crippen LogP) is 4.19. The van der Waals surface area contributed by atoms with Crippen LogP contribution < -0.4 is 19.3 Å². The maximum Gasteiger partial charge on any atom is 0.127 e. The number of methoxy groups -OCH3 is 1. The lowest BCUT2D eigenvalue weighted by molar-refractivity contribution is 0.0808. The quantitative estimate of drug-likeness (QED) is 0.819. The van der Waals surface area contributed by atoms with E-state index in [-0.39, 0.29) is 18.1 Å². The number of anilines is 2. The van der Waals surface area contributed by atoms with Crippen molar-refractivity contribution in [1.82, 2.24) is 0 Å². The number of rotatable bonds is 4. The molecule has 5 nitrogen and oxygen atoms in total. The van der Waals surface area contributed by atoms with Crippen molar-refractivity contribution in [3.63, 3.8) is 0 Å². The van der Waals surface area contributed by atoms with Crippen molar-refractivity contribution in [2.75, 3.05) is 49.7 Å². The fourth-order valence-electron chi connectivity index (χ4n) is 5.13. The second kappa shape index (κ2) is 7.69. The Morgan fingerprint density at radius 1 is 0.967 bits per heavy atom. The van der Waals surface area contributed by atoms with Crippen LogP contribution >= 0.6 is 0 Å². The molecule has 0 spiro atoms. The molecule has 2 aliphatic rings. The van der Waals surface area contributed by atoms with E-state index in [0.29, 0.717) is 0 Å². The number of fused-ring (bicyclic) bond motifs is 1. The molecule has 162 valence electrons. The van der Waals surface area contributed by atoms with Crippen LogP contribution in [0.5, 0.6) is 11.5 Å². The first-order valence-electron chi connectivity index (χ1n) is 10.9. The molecule has 0 amide bonds. The maximum atomic E-state index is 10.1. The fraction of sp³-hybridized carbons (Fsp3) is 0.520. The molecule has 5 heteroatoms. The highest BCUT2D eigenvalue weighted by molar-refractivity contribution is 5.71. The summed E-state index contributed by atoms with van der Waals surface area (Å²) in [6.07, 6.45) is 0. The van der Waals surface area contributed by atoms with Crippen LogP contribution in [-0.4, -0.2) is 50.6 Å². The van der Waals surface area contributed by atoms with E-state index in [1.807, 2.05) is 12.1 Å². The zero-order valence-corrected chi connectivity index (χ0v) is 19.1. The number of benzene rings is 2. The molecule has 1 atom stereocenters. The highest BCUT2D eigenvalue weighted by Gasteiger charge is 2.44. The van der Waals surface area contributed by atoms with Crippen LogP contribution in [0, 0.1) is 20.8 Å². The summed E-state index contributed by atoms with van der Waals surface area (Å²) in [5.74, 6) is 1.88. The second-order valence-electron chi connectivity index (χ2n) is 9.08. The lowest BCUT2D eigenvalue weighted by Gasteiger charge is -2.39. The van der Waals surface area contributed by atoms with Crippen molar-refractivity contribution < 1.29 is 14.6 Å². The number of aliphatic hydroxyl groups excluding tert-OH is 1. The second-order valence-corrected chi connectivity index (χ2v) is 9.08. The average molecular weight is 411 g/mol. The van der Waals surface area contributed by atoms with E-state index in [4.69, 9.17) is 9.47 Å². The summed E-state index contributed by atoms with van der Waals surface area (Å²) in [7, 11) is 1.70. The first-order valence-corrected chi connectivity index (χ1v) is 10.9. The number of nitrogens with zero attached hydrogens (tertiary/aromatic N) is 2. The maximum absolute atomic E-state index is 10.1. The molecule has 0 aliphatic carbocycles. The largest absolute Gasteiger partial charge is 0.497 e. The van der Waals surface area contributed by atoms with Crippen molar-refractivity contribution in [2.45, 2.75) is 46.1 Å². The topological polar surface area (TPSA) is 45.2 Å². The van der Waals surface area contributed by atoms with Gasteiger partial charge < -0.3 is 24.4 Å². The van der Waals surface area contributed by atoms with Gasteiger partial charge in [0.05, 0.1) is 19.6 Å². The van der Waals surface area contributed by atoms with E-state index >= 15 is 0 Å². The van der Waals surface area contributed by atoms with Gasteiger partial charge in [0.2, 0.25) is 0 Å². The van der Waals surface area contributed by atoms with E-state index in [0.717, 1.165) is 37.7 Å². The Morgan fingerprint density at radius 3 is 2.13 bits per heavy atom. The summed E-state index contributed by atoms with van der Waals surface area (Å²) in [5.41, 5.74) is 7.12. The number of ether oxygens (including phenoxy) is 2. The van der Waals surface area contributed by atoms with E-state index in [2.05, 4.69) is 56.6 Å². The Morgan fingerprint density at radius 2 is 1.57 bits per heavy atom. The monoisotopic (exact) mass is 410 g/mol. The molecule has 0 radical (unpaired) electrons. The van der Waals surface area contributed by atoms with Crippen molar-refractivity contribution in [3.05, 3.63) is 46.5 Å². The van der Waals surface area contributed by atoms with Gasteiger partial charge in [0.1, 0.15) is 17.1 Å². The van der Waals surface area contributed by atoms with Crippen LogP contribution in [0.2, 0.25) is 0 Å². The van der Waals surface area contributed by atoms with Crippen LogP contribution in [-0.2, 0) is 0 Å². The molecule has 2 aliphatic heterocycles. The standard InChI is InChI=1S/C25H34N2O3/c1-16-17(2)24-22(21(15-28)25(4,5)30-24)18(3)23(16)27-13-11-26(12-14-27)19-7-9-20(29-6)10-8-19/h7-10,21,28H,11-15H2,1-6H3. The Bertz CT molecular complexity index is 929. The predicted molar refractivity (Wildman–Crippen MR) is 123 cm³/mol. The van der Waals surface area contributed by atoms with Crippen LogP contribution in [0.25, 0.3) is 0 Å². The minimum Gasteiger partial charge on any atom is -0.497 e. The third-order valence-electron chi connectivity index (χ3n) is 7.03. The van der Waals surface area contributed by atoms with Crippen LogP contribution in [0.1, 0.15) is 42.0 Å². The lowest BCUT2D eigenvalue weighted by Crippen LogP contribution is -2.47. The molecule has 0 aromatic heterocycles. The van der Waals surface area contributed by atoms with Gasteiger partial charge in [0, 0.05) is 43.1 Å². The van der Waals surface area contributed by atoms with E-state index < -0.39 is 0 Å². The molecule has 1 fully saturated rings.